The van der Waals surface area contributed by atoms with Gasteiger partial charge in [-0.15, -0.1) is 0 Å². The molecule has 1 heterocycles. The summed E-state index contributed by atoms with van der Waals surface area (Å²) in [7, 11) is 1.77. The second-order valence-electron chi connectivity index (χ2n) is 4.44. The highest BCUT2D eigenvalue weighted by atomic mass is 19.4. The van der Waals surface area contributed by atoms with Gasteiger partial charge in [0.2, 0.25) is 0 Å². The van der Waals surface area contributed by atoms with Crippen LogP contribution >= 0.6 is 0 Å². The van der Waals surface area contributed by atoms with Gasteiger partial charge in [0.25, 0.3) is 0 Å². The van der Waals surface area contributed by atoms with Crippen molar-refractivity contribution in [1.29, 1.82) is 0 Å². The van der Waals surface area contributed by atoms with Gasteiger partial charge in [0.1, 0.15) is 5.76 Å². The first kappa shape index (κ1) is 13.9. The van der Waals surface area contributed by atoms with E-state index >= 15 is 0 Å². The van der Waals surface area contributed by atoms with Crippen LogP contribution in [0.25, 0.3) is 0 Å². The zero-order valence-corrected chi connectivity index (χ0v) is 10.6. The Morgan fingerprint density at radius 1 is 1.21 bits per heavy atom. The Labute approximate surface area is 110 Å². The molecular formula is C14H16F3NO. The van der Waals surface area contributed by atoms with Crippen molar-refractivity contribution in [2.45, 2.75) is 25.1 Å². The minimum absolute atomic E-state index is 0.192. The van der Waals surface area contributed by atoms with Gasteiger partial charge < -0.3 is 10.1 Å². The van der Waals surface area contributed by atoms with Gasteiger partial charge in [-0.25, -0.2) is 0 Å². The number of allylic oxidation sites excluding steroid dienone is 1. The maximum atomic E-state index is 12.5. The molecule has 0 aromatic heterocycles. The van der Waals surface area contributed by atoms with Crippen molar-refractivity contribution >= 4 is 0 Å². The molecule has 0 radical (unpaired) electrons. The van der Waals surface area contributed by atoms with Crippen LogP contribution in [0.3, 0.4) is 0 Å². The maximum Gasteiger partial charge on any atom is 0.416 e. The lowest BCUT2D eigenvalue weighted by molar-refractivity contribution is -0.137. The van der Waals surface area contributed by atoms with Gasteiger partial charge in [-0.3, -0.25) is 0 Å². The third-order valence-electron chi connectivity index (χ3n) is 3.11. The predicted molar refractivity (Wildman–Crippen MR) is 66.5 cm³/mol. The molecule has 2 rings (SSSR count). The highest BCUT2D eigenvalue weighted by molar-refractivity contribution is 5.30. The summed E-state index contributed by atoms with van der Waals surface area (Å²) in [6.07, 6.45) is -0.391. The van der Waals surface area contributed by atoms with Gasteiger partial charge in [-0.05, 0) is 43.7 Å². The van der Waals surface area contributed by atoms with Crippen LogP contribution < -0.4 is 5.32 Å². The quantitative estimate of drug-likeness (QED) is 0.905. The molecule has 1 N–H and O–H groups in total. The Hall–Kier alpha value is -1.49. The number of alkyl halides is 3. The Kier molecular flexibility index (Phi) is 4.14. The average molecular weight is 271 g/mol. The molecule has 2 nitrogen and oxygen atoms in total. The maximum absolute atomic E-state index is 12.5. The van der Waals surface area contributed by atoms with Gasteiger partial charge in [0, 0.05) is 0 Å². The lowest BCUT2D eigenvalue weighted by atomic mass is 10.0. The Bertz CT molecular complexity index is 451. The number of hydrogen-bond acceptors (Lipinski definition) is 2. The van der Waals surface area contributed by atoms with Crippen molar-refractivity contribution in [3.8, 4) is 0 Å². The van der Waals surface area contributed by atoms with Crippen molar-refractivity contribution in [2.24, 2.45) is 0 Å². The van der Waals surface area contributed by atoms with Crippen LogP contribution in [-0.2, 0) is 10.9 Å². The zero-order chi connectivity index (χ0) is 13.9. The number of ether oxygens (including phenoxy) is 1. The summed E-state index contributed by atoms with van der Waals surface area (Å²) in [5.41, 5.74) is 0.133. The van der Waals surface area contributed by atoms with E-state index in [1.54, 1.807) is 7.05 Å². The first-order chi connectivity index (χ1) is 9.02. The molecule has 1 atom stereocenters. The summed E-state index contributed by atoms with van der Waals surface area (Å²) in [5, 5.41) is 3.07. The first-order valence-corrected chi connectivity index (χ1v) is 6.19. The third kappa shape index (κ3) is 3.29. The van der Waals surface area contributed by atoms with Gasteiger partial charge in [0.15, 0.2) is 0 Å². The highest BCUT2D eigenvalue weighted by Crippen LogP contribution is 2.31. The van der Waals surface area contributed by atoms with Crippen molar-refractivity contribution < 1.29 is 17.9 Å². The van der Waals surface area contributed by atoms with Crippen LogP contribution in [0, 0.1) is 0 Å². The molecular weight excluding hydrogens is 255 g/mol. The van der Waals surface area contributed by atoms with Crippen LogP contribution in [0.1, 0.15) is 30.0 Å². The number of hydrogen-bond donors (Lipinski definition) is 1. The average Bonchev–Trinajstić information content (AvgIpc) is 2.40. The van der Waals surface area contributed by atoms with Crippen molar-refractivity contribution in [1.82, 2.24) is 5.32 Å². The fraction of sp³-hybridized carbons (Fsp3) is 0.429. The molecule has 0 saturated carbocycles. The van der Waals surface area contributed by atoms with E-state index in [2.05, 4.69) is 5.32 Å². The summed E-state index contributed by atoms with van der Waals surface area (Å²) in [6, 6.07) is 4.99. The smallest absolute Gasteiger partial charge is 0.416 e. The summed E-state index contributed by atoms with van der Waals surface area (Å²) in [5.74, 6) is 0.786. The molecule has 1 aliphatic rings. The summed E-state index contributed by atoms with van der Waals surface area (Å²) in [6.45, 7) is 0.657. The van der Waals surface area contributed by atoms with E-state index in [4.69, 9.17) is 4.74 Å². The number of halogens is 3. The van der Waals surface area contributed by atoms with Gasteiger partial charge in [0.05, 0.1) is 18.2 Å². The van der Waals surface area contributed by atoms with Crippen molar-refractivity contribution in [2.75, 3.05) is 13.7 Å². The van der Waals surface area contributed by atoms with Gasteiger partial charge in [-0.1, -0.05) is 12.1 Å². The molecule has 19 heavy (non-hydrogen) atoms. The largest absolute Gasteiger partial charge is 0.496 e. The fourth-order valence-electron chi connectivity index (χ4n) is 2.12. The summed E-state index contributed by atoms with van der Waals surface area (Å²) < 4.78 is 43.1. The molecule has 0 bridgehead atoms. The first-order valence-electron chi connectivity index (χ1n) is 6.19. The molecule has 1 aromatic rings. The molecule has 0 aliphatic carbocycles. The van der Waals surface area contributed by atoms with Gasteiger partial charge in [-0.2, -0.15) is 13.2 Å². The molecule has 0 fully saturated rings. The predicted octanol–water partition coefficient (Wildman–Crippen LogP) is 3.66. The number of nitrogens with one attached hydrogen (secondary N) is 1. The highest BCUT2D eigenvalue weighted by Gasteiger charge is 2.30. The van der Waals surface area contributed by atoms with Crippen LogP contribution in [0.5, 0.6) is 0 Å². The number of rotatable bonds is 3. The van der Waals surface area contributed by atoms with E-state index in [9.17, 15) is 13.2 Å². The van der Waals surface area contributed by atoms with E-state index in [1.807, 2.05) is 6.08 Å². The fourth-order valence-corrected chi connectivity index (χ4v) is 2.12. The molecule has 0 spiro atoms. The lowest BCUT2D eigenvalue weighted by Gasteiger charge is -2.24. The third-order valence-corrected chi connectivity index (χ3v) is 3.11. The monoisotopic (exact) mass is 271 g/mol. The number of benzene rings is 1. The lowest BCUT2D eigenvalue weighted by Crippen LogP contribution is -2.22. The van der Waals surface area contributed by atoms with Crippen molar-refractivity contribution in [3.05, 3.63) is 47.2 Å². The van der Waals surface area contributed by atoms with E-state index < -0.39 is 11.7 Å². The van der Waals surface area contributed by atoms with Crippen LogP contribution in [0.15, 0.2) is 36.1 Å². The van der Waals surface area contributed by atoms with Crippen LogP contribution in [0.4, 0.5) is 13.2 Å². The molecule has 0 amide bonds. The van der Waals surface area contributed by atoms with Gasteiger partial charge >= 0.3 is 6.18 Å². The molecule has 1 aliphatic heterocycles. The topological polar surface area (TPSA) is 21.3 Å². The minimum atomic E-state index is -4.30. The SMILES string of the molecule is CNC(C1=CCCCO1)c1ccc(C(F)(F)F)cc1. The molecule has 1 aromatic carbocycles. The normalized spacial score (nSPS) is 17.6. The minimum Gasteiger partial charge on any atom is -0.496 e. The Morgan fingerprint density at radius 2 is 1.89 bits per heavy atom. The molecule has 104 valence electrons. The van der Waals surface area contributed by atoms with Crippen molar-refractivity contribution in [3.63, 3.8) is 0 Å². The van der Waals surface area contributed by atoms with Crippen LogP contribution in [0.2, 0.25) is 0 Å². The van der Waals surface area contributed by atoms with Crippen LogP contribution in [-0.4, -0.2) is 13.7 Å². The molecule has 0 saturated heterocycles. The second kappa shape index (κ2) is 5.65. The standard InChI is InChI=1S/C14H16F3NO/c1-18-13(12-4-2-3-9-19-12)10-5-7-11(8-6-10)14(15,16)17/h4-8,13,18H,2-3,9H2,1H3. The van der Waals surface area contributed by atoms with E-state index in [1.165, 1.54) is 12.1 Å². The van der Waals surface area contributed by atoms with E-state index in [0.29, 0.717) is 6.61 Å². The second-order valence-corrected chi connectivity index (χ2v) is 4.44. The molecule has 1 unspecified atom stereocenters. The number of likely N-dealkylation sites (N-methyl/N-ethyl adjacent to an activating group) is 1. The molecule has 5 heteroatoms. The summed E-state index contributed by atoms with van der Waals surface area (Å²) in [4.78, 5) is 0. The zero-order valence-electron chi connectivity index (χ0n) is 10.6. The Morgan fingerprint density at radius 3 is 2.37 bits per heavy atom. The summed E-state index contributed by atoms with van der Waals surface area (Å²) >= 11 is 0. The van der Waals surface area contributed by atoms with E-state index in [0.717, 1.165) is 36.3 Å². The van der Waals surface area contributed by atoms with E-state index in [-0.39, 0.29) is 6.04 Å². The Balaban J connectivity index is 2.22.